The van der Waals surface area contributed by atoms with Crippen molar-refractivity contribution < 1.29 is 14.3 Å². The van der Waals surface area contributed by atoms with Crippen LogP contribution in [0, 0.1) is 0 Å². The Morgan fingerprint density at radius 3 is 2.50 bits per heavy atom. The highest BCUT2D eigenvalue weighted by atomic mass is 35.5. The summed E-state index contributed by atoms with van der Waals surface area (Å²) in [6.07, 6.45) is 0. The minimum Gasteiger partial charge on any atom is -0.497 e. The lowest BCUT2D eigenvalue weighted by molar-refractivity contribution is -0.131. The van der Waals surface area contributed by atoms with Crippen LogP contribution in [0.1, 0.15) is 0 Å². The third-order valence-electron chi connectivity index (χ3n) is 4.04. The molecule has 0 spiro atoms. The van der Waals surface area contributed by atoms with Crippen LogP contribution in [0.3, 0.4) is 0 Å². The third kappa shape index (κ3) is 4.47. The topological polar surface area (TPSA) is 98.6 Å². The number of H-pyrrole nitrogens is 1. The summed E-state index contributed by atoms with van der Waals surface area (Å²) in [5.74, 6) is 1.04. The molecule has 4 aromatic rings. The molecule has 2 aromatic heterocycles. The number of nitrogens with one attached hydrogen (secondary N) is 1. The van der Waals surface area contributed by atoms with Crippen LogP contribution in [0.2, 0.25) is 5.02 Å². The lowest BCUT2D eigenvalue weighted by Crippen LogP contribution is -2.12. The maximum Gasteiger partial charge on any atom is 0.321 e. The number of thioether (sulfide) groups is 1. The van der Waals surface area contributed by atoms with Gasteiger partial charge in [-0.15, -0.1) is 0 Å². The van der Waals surface area contributed by atoms with Crippen molar-refractivity contribution in [3.63, 3.8) is 0 Å². The number of carbonyl (C=O) groups excluding carboxylic acids is 1. The molecule has 4 rings (SSSR count). The molecule has 0 aliphatic rings. The number of esters is 1. The smallest absolute Gasteiger partial charge is 0.321 e. The highest BCUT2D eigenvalue weighted by Gasteiger charge is 2.14. The van der Waals surface area contributed by atoms with Crippen molar-refractivity contribution in [2.45, 2.75) is 5.16 Å². The summed E-state index contributed by atoms with van der Waals surface area (Å²) in [6.45, 7) is 0. The quantitative estimate of drug-likeness (QED) is 0.277. The summed E-state index contributed by atoms with van der Waals surface area (Å²) in [7, 11) is 1.58. The summed E-state index contributed by atoms with van der Waals surface area (Å²) in [5, 5.41) is 3.59. The van der Waals surface area contributed by atoms with Crippen molar-refractivity contribution in [1.29, 1.82) is 0 Å². The predicted molar refractivity (Wildman–Crippen MR) is 113 cm³/mol. The van der Waals surface area contributed by atoms with Crippen LogP contribution in [0.15, 0.2) is 64.5 Å². The number of benzene rings is 2. The van der Waals surface area contributed by atoms with E-state index in [9.17, 15) is 9.59 Å². The second-order valence-corrected chi connectivity index (χ2v) is 7.47. The first-order valence-corrected chi connectivity index (χ1v) is 10.1. The van der Waals surface area contributed by atoms with Gasteiger partial charge in [0, 0.05) is 16.7 Å². The van der Waals surface area contributed by atoms with Gasteiger partial charge in [-0.2, -0.15) is 0 Å². The van der Waals surface area contributed by atoms with Gasteiger partial charge >= 0.3 is 5.97 Å². The number of aromatic nitrogens is 4. The predicted octanol–water partition coefficient (Wildman–Crippen LogP) is 3.44. The second kappa shape index (κ2) is 8.60. The van der Waals surface area contributed by atoms with Crippen LogP contribution in [0.5, 0.6) is 11.5 Å². The molecule has 1 N–H and O–H groups in total. The Hall–Kier alpha value is -3.30. The van der Waals surface area contributed by atoms with E-state index in [1.54, 1.807) is 43.5 Å². The van der Waals surface area contributed by atoms with Crippen molar-refractivity contribution in [3.05, 3.63) is 70.0 Å². The van der Waals surface area contributed by atoms with Gasteiger partial charge in [-0.05, 0) is 48.5 Å². The highest BCUT2D eigenvalue weighted by Crippen LogP contribution is 2.24. The van der Waals surface area contributed by atoms with Gasteiger partial charge in [-0.3, -0.25) is 14.7 Å². The van der Waals surface area contributed by atoms with E-state index < -0.39 is 5.97 Å². The fourth-order valence-electron chi connectivity index (χ4n) is 2.64. The zero-order chi connectivity index (χ0) is 21.1. The normalized spacial score (nSPS) is 10.9. The molecule has 0 fully saturated rings. The Bertz CT molecular complexity index is 1250. The number of hydrogen-bond donors (Lipinski definition) is 1. The lowest BCUT2D eigenvalue weighted by Gasteiger charge is -2.08. The zero-order valence-corrected chi connectivity index (χ0v) is 17.2. The van der Waals surface area contributed by atoms with E-state index in [1.807, 2.05) is 12.1 Å². The maximum absolute atomic E-state index is 12.2. The number of halogens is 1. The molecule has 0 aliphatic carbocycles. The van der Waals surface area contributed by atoms with Gasteiger partial charge in [-0.25, -0.2) is 14.5 Å². The van der Waals surface area contributed by atoms with Gasteiger partial charge in [0.1, 0.15) is 11.5 Å². The molecule has 0 saturated carbocycles. The maximum atomic E-state index is 12.2. The van der Waals surface area contributed by atoms with E-state index in [0.717, 1.165) is 17.3 Å². The molecular formula is C20H15ClN4O4S. The van der Waals surface area contributed by atoms with Gasteiger partial charge in [0.05, 0.1) is 12.9 Å². The van der Waals surface area contributed by atoms with Crippen LogP contribution in [-0.4, -0.2) is 38.4 Å². The molecule has 0 bridgehead atoms. The molecule has 0 radical (unpaired) electrons. The van der Waals surface area contributed by atoms with Crippen molar-refractivity contribution in [3.8, 4) is 22.9 Å². The minimum absolute atomic E-state index is 0.0169. The van der Waals surface area contributed by atoms with Gasteiger partial charge < -0.3 is 9.47 Å². The van der Waals surface area contributed by atoms with E-state index in [1.165, 1.54) is 10.6 Å². The van der Waals surface area contributed by atoms with Gasteiger partial charge in [0.15, 0.2) is 16.6 Å². The monoisotopic (exact) mass is 442 g/mol. The van der Waals surface area contributed by atoms with Crippen molar-refractivity contribution in [2.24, 2.45) is 0 Å². The molecule has 0 aliphatic heterocycles. The lowest BCUT2D eigenvalue weighted by atomic mass is 10.2. The number of ether oxygens (including phenoxy) is 2. The van der Waals surface area contributed by atoms with Crippen molar-refractivity contribution in [2.75, 3.05) is 12.9 Å². The van der Waals surface area contributed by atoms with E-state index >= 15 is 0 Å². The van der Waals surface area contributed by atoms with E-state index in [-0.39, 0.29) is 11.3 Å². The van der Waals surface area contributed by atoms with E-state index in [0.29, 0.717) is 33.1 Å². The largest absolute Gasteiger partial charge is 0.497 e. The number of carbonyl (C=O) groups is 1. The average molecular weight is 443 g/mol. The molecule has 10 heteroatoms. The molecule has 30 heavy (non-hydrogen) atoms. The number of nitrogens with zero attached hydrogens (tertiary/aromatic N) is 3. The summed E-state index contributed by atoms with van der Waals surface area (Å²) < 4.78 is 11.9. The molecule has 8 nitrogen and oxygen atoms in total. The Labute approximate surface area is 179 Å². The number of aromatic amines is 1. The summed E-state index contributed by atoms with van der Waals surface area (Å²) >= 11 is 6.96. The first kappa shape index (κ1) is 20.0. The third-order valence-corrected chi connectivity index (χ3v) is 5.20. The van der Waals surface area contributed by atoms with Crippen LogP contribution < -0.4 is 15.0 Å². The molecule has 2 heterocycles. The standard InChI is InChI=1S/C20H15ClN4O4S/c1-28-14-6-2-12(3-7-14)19-22-16-10-17(26)24-25(16)20(23-19)30-11-18(27)29-15-8-4-13(21)5-9-15/h2-10H,11H2,1H3,(H,24,26). The second-order valence-electron chi connectivity index (χ2n) is 6.09. The molecule has 0 unspecified atom stereocenters. The van der Waals surface area contributed by atoms with Gasteiger partial charge in [0.25, 0.3) is 5.56 Å². The van der Waals surface area contributed by atoms with Gasteiger partial charge in [-0.1, -0.05) is 23.4 Å². The molecule has 0 saturated heterocycles. The summed E-state index contributed by atoms with van der Waals surface area (Å²) in [4.78, 5) is 33.0. The number of methoxy groups -OCH3 is 1. The minimum atomic E-state index is -0.463. The summed E-state index contributed by atoms with van der Waals surface area (Å²) in [6, 6.07) is 15.1. The Morgan fingerprint density at radius 2 is 1.80 bits per heavy atom. The van der Waals surface area contributed by atoms with Crippen LogP contribution >= 0.6 is 23.4 Å². The Morgan fingerprint density at radius 1 is 1.10 bits per heavy atom. The van der Waals surface area contributed by atoms with Crippen LogP contribution in [0.4, 0.5) is 0 Å². The summed E-state index contributed by atoms with van der Waals surface area (Å²) in [5.41, 5.74) is 0.827. The fraction of sp³-hybridized carbons (Fsp3) is 0.100. The first-order chi connectivity index (χ1) is 14.5. The molecule has 152 valence electrons. The fourth-order valence-corrected chi connectivity index (χ4v) is 3.49. The average Bonchev–Trinajstić information content (AvgIpc) is 3.14. The Balaban J connectivity index is 1.58. The number of rotatable bonds is 6. The molecule has 0 atom stereocenters. The van der Waals surface area contributed by atoms with Crippen LogP contribution in [-0.2, 0) is 4.79 Å². The zero-order valence-electron chi connectivity index (χ0n) is 15.7. The van der Waals surface area contributed by atoms with E-state index in [2.05, 4.69) is 15.1 Å². The van der Waals surface area contributed by atoms with Crippen molar-refractivity contribution >= 4 is 35.0 Å². The molecule has 0 amide bonds. The SMILES string of the molecule is COc1ccc(-c2nc(SCC(=O)Oc3ccc(Cl)cc3)n3[nH]c(=O)cc3n2)cc1. The van der Waals surface area contributed by atoms with Crippen molar-refractivity contribution in [1.82, 2.24) is 19.6 Å². The molecular weight excluding hydrogens is 428 g/mol. The highest BCUT2D eigenvalue weighted by molar-refractivity contribution is 7.99. The van der Waals surface area contributed by atoms with E-state index in [4.69, 9.17) is 21.1 Å². The first-order valence-electron chi connectivity index (χ1n) is 8.75. The Kier molecular flexibility index (Phi) is 5.73. The number of fused-ring (bicyclic) bond motifs is 1. The number of hydrogen-bond acceptors (Lipinski definition) is 7. The van der Waals surface area contributed by atoms with Gasteiger partial charge in [0.2, 0.25) is 0 Å². The molecule has 2 aromatic carbocycles. The van der Waals surface area contributed by atoms with Crippen LogP contribution in [0.25, 0.3) is 17.0 Å².